The molecule has 2 bridgehead atoms. The van der Waals surface area contributed by atoms with Gasteiger partial charge >= 0.3 is 0 Å². The summed E-state index contributed by atoms with van der Waals surface area (Å²) in [5, 5.41) is 12.4. The normalized spacial score (nSPS) is 35.5. The molecule has 4 aliphatic carbocycles. The number of imide groups is 1. The van der Waals surface area contributed by atoms with Crippen LogP contribution in [0.4, 0.5) is 11.4 Å². The van der Waals surface area contributed by atoms with E-state index < -0.39 is 4.92 Å². The van der Waals surface area contributed by atoms with Crippen LogP contribution in [0.1, 0.15) is 6.42 Å². The van der Waals surface area contributed by atoms with E-state index in [0.717, 1.165) is 6.42 Å². The van der Waals surface area contributed by atoms with Gasteiger partial charge in [0.1, 0.15) is 0 Å². The van der Waals surface area contributed by atoms with Crippen molar-refractivity contribution in [1.82, 2.24) is 0 Å². The SMILES string of the molecule is O=C1C2C3C=CC(C4CC34)C2C(=O)N1c1ccc([N+](=O)[O-])c2ccccc12. The molecule has 3 fully saturated rings. The molecule has 7 rings (SSSR count). The number of benzene rings is 2. The second-order valence-electron chi connectivity index (χ2n) is 8.07. The van der Waals surface area contributed by atoms with Gasteiger partial charge in [-0.3, -0.25) is 19.7 Å². The molecule has 1 heterocycles. The van der Waals surface area contributed by atoms with Gasteiger partial charge in [0.05, 0.1) is 27.8 Å². The zero-order valence-electron chi connectivity index (χ0n) is 14.3. The highest BCUT2D eigenvalue weighted by molar-refractivity contribution is 6.25. The number of rotatable bonds is 2. The molecule has 6 unspecified atom stereocenters. The van der Waals surface area contributed by atoms with Gasteiger partial charge in [0.25, 0.3) is 5.69 Å². The molecular weight excluding hydrogens is 344 g/mol. The van der Waals surface area contributed by atoms with Crippen LogP contribution in [0.25, 0.3) is 10.8 Å². The van der Waals surface area contributed by atoms with Crippen LogP contribution in [0.15, 0.2) is 48.6 Å². The van der Waals surface area contributed by atoms with Crippen LogP contribution in [0.3, 0.4) is 0 Å². The van der Waals surface area contributed by atoms with Crippen LogP contribution < -0.4 is 4.90 Å². The Balaban J connectivity index is 1.51. The monoisotopic (exact) mass is 360 g/mol. The van der Waals surface area contributed by atoms with Gasteiger partial charge in [-0.2, -0.15) is 0 Å². The van der Waals surface area contributed by atoms with E-state index >= 15 is 0 Å². The lowest BCUT2D eigenvalue weighted by Gasteiger charge is -2.37. The smallest absolute Gasteiger partial charge is 0.274 e. The van der Waals surface area contributed by atoms with Gasteiger partial charge in [-0.25, -0.2) is 4.90 Å². The fourth-order valence-electron chi connectivity index (χ4n) is 5.82. The zero-order chi connectivity index (χ0) is 18.4. The third-order valence-electron chi connectivity index (χ3n) is 6.98. The molecule has 6 atom stereocenters. The van der Waals surface area contributed by atoms with E-state index in [0.29, 0.717) is 28.3 Å². The number of amides is 2. The van der Waals surface area contributed by atoms with Crippen LogP contribution in [0, 0.1) is 45.6 Å². The van der Waals surface area contributed by atoms with Crippen molar-refractivity contribution < 1.29 is 14.5 Å². The van der Waals surface area contributed by atoms with E-state index in [1.807, 2.05) is 0 Å². The highest BCUT2D eigenvalue weighted by atomic mass is 16.6. The Bertz CT molecular complexity index is 1050. The lowest BCUT2D eigenvalue weighted by Crippen LogP contribution is -2.40. The van der Waals surface area contributed by atoms with Crippen LogP contribution in [0.5, 0.6) is 0 Å². The predicted octanol–water partition coefficient (Wildman–Crippen LogP) is 3.31. The van der Waals surface area contributed by atoms with Crippen molar-refractivity contribution in [3.05, 3.63) is 58.7 Å². The number of carbonyl (C=O) groups is 2. The molecule has 5 aliphatic rings. The molecule has 0 spiro atoms. The Kier molecular flexibility index (Phi) is 2.69. The molecule has 2 aromatic carbocycles. The molecule has 1 aliphatic heterocycles. The molecule has 27 heavy (non-hydrogen) atoms. The molecule has 2 saturated carbocycles. The van der Waals surface area contributed by atoms with Crippen LogP contribution in [-0.4, -0.2) is 16.7 Å². The second-order valence-corrected chi connectivity index (χ2v) is 8.07. The highest BCUT2D eigenvalue weighted by Gasteiger charge is 2.67. The maximum Gasteiger partial charge on any atom is 0.277 e. The molecule has 0 N–H and O–H groups in total. The maximum atomic E-state index is 13.3. The van der Waals surface area contributed by atoms with Gasteiger partial charge < -0.3 is 0 Å². The molecule has 6 nitrogen and oxygen atoms in total. The van der Waals surface area contributed by atoms with Crippen molar-refractivity contribution in [3.63, 3.8) is 0 Å². The Morgan fingerprint density at radius 1 is 0.889 bits per heavy atom. The molecule has 0 radical (unpaired) electrons. The number of hydrogen-bond donors (Lipinski definition) is 0. The number of nitrogens with zero attached hydrogens (tertiary/aromatic N) is 2. The molecule has 6 heteroatoms. The summed E-state index contributed by atoms with van der Waals surface area (Å²) in [5.74, 6) is 0.586. The van der Waals surface area contributed by atoms with E-state index in [1.54, 1.807) is 30.3 Å². The summed E-state index contributed by atoms with van der Waals surface area (Å²) in [7, 11) is 0. The largest absolute Gasteiger partial charge is 0.277 e. The van der Waals surface area contributed by atoms with E-state index in [9.17, 15) is 19.7 Å². The third kappa shape index (κ3) is 1.75. The second kappa shape index (κ2) is 4.82. The van der Waals surface area contributed by atoms with Crippen LogP contribution >= 0.6 is 0 Å². The van der Waals surface area contributed by atoms with E-state index in [1.165, 1.54) is 11.0 Å². The minimum Gasteiger partial charge on any atom is -0.274 e. The summed E-state index contributed by atoms with van der Waals surface area (Å²) >= 11 is 0. The molecule has 2 aromatic rings. The highest BCUT2D eigenvalue weighted by Crippen LogP contribution is 2.65. The first-order valence-corrected chi connectivity index (χ1v) is 9.30. The fraction of sp³-hybridized carbons (Fsp3) is 0.333. The van der Waals surface area contributed by atoms with E-state index in [2.05, 4.69) is 12.2 Å². The van der Waals surface area contributed by atoms with Gasteiger partial charge in [0.2, 0.25) is 11.8 Å². The van der Waals surface area contributed by atoms with Gasteiger partial charge in [-0.1, -0.05) is 30.4 Å². The Labute approximate surface area is 154 Å². The molecular formula is C21H16N2O4. The first-order valence-electron chi connectivity index (χ1n) is 9.30. The Morgan fingerprint density at radius 3 is 2.07 bits per heavy atom. The van der Waals surface area contributed by atoms with E-state index in [4.69, 9.17) is 0 Å². The van der Waals surface area contributed by atoms with Crippen LogP contribution in [0.2, 0.25) is 0 Å². The quantitative estimate of drug-likeness (QED) is 0.356. The minimum absolute atomic E-state index is 0.0196. The van der Waals surface area contributed by atoms with Crippen molar-refractivity contribution in [2.45, 2.75) is 6.42 Å². The number of nitro benzene ring substituents is 1. The molecule has 134 valence electrons. The molecule has 0 aromatic heterocycles. The lowest BCUT2D eigenvalue weighted by molar-refractivity contribution is -0.383. The number of nitro groups is 1. The van der Waals surface area contributed by atoms with Crippen molar-refractivity contribution in [3.8, 4) is 0 Å². The lowest BCUT2D eigenvalue weighted by atomic mass is 9.63. The summed E-state index contributed by atoms with van der Waals surface area (Å²) < 4.78 is 0. The zero-order valence-corrected chi connectivity index (χ0v) is 14.3. The van der Waals surface area contributed by atoms with E-state index in [-0.39, 0.29) is 41.2 Å². The van der Waals surface area contributed by atoms with Crippen molar-refractivity contribution in [1.29, 1.82) is 0 Å². The van der Waals surface area contributed by atoms with Gasteiger partial charge in [0, 0.05) is 11.5 Å². The summed E-state index contributed by atoms with van der Waals surface area (Å²) in [5.41, 5.74) is 0.447. The van der Waals surface area contributed by atoms with Gasteiger partial charge in [0.15, 0.2) is 0 Å². The molecule has 1 saturated heterocycles. The summed E-state index contributed by atoms with van der Waals surface area (Å²) in [6, 6.07) is 9.84. The van der Waals surface area contributed by atoms with Crippen LogP contribution in [-0.2, 0) is 9.59 Å². The predicted molar refractivity (Wildman–Crippen MR) is 97.8 cm³/mol. The number of hydrogen-bond acceptors (Lipinski definition) is 4. The van der Waals surface area contributed by atoms with Crippen molar-refractivity contribution in [2.75, 3.05) is 4.90 Å². The number of carbonyl (C=O) groups excluding carboxylic acids is 2. The first-order chi connectivity index (χ1) is 13.1. The topological polar surface area (TPSA) is 80.5 Å². The third-order valence-corrected chi connectivity index (χ3v) is 6.98. The maximum absolute atomic E-state index is 13.3. The Morgan fingerprint density at radius 2 is 1.48 bits per heavy atom. The average molecular weight is 360 g/mol. The number of non-ortho nitro benzene ring substituents is 1. The van der Waals surface area contributed by atoms with Crippen molar-refractivity contribution in [2.24, 2.45) is 35.5 Å². The number of allylic oxidation sites excluding steroid dienone is 2. The minimum atomic E-state index is -0.433. The van der Waals surface area contributed by atoms with Crippen molar-refractivity contribution >= 4 is 34.0 Å². The summed E-state index contributed by atoms with van der Waals surface area (Å²) in [4.78, 5) is 38.8. The standard InChI is InChI=1S/C21H16N2O4/c24-20-18-12-5-6-13(15-9-14(12)15)19(18)21(25)22(20)16-7-8-17(23(26)27)11-4-2-1-3-10(11)16/h1-8,12-15,18-19H,9H2. The summed E-state index contributed by atoms with van der Waals surface area (Å²) in [6.45, 7) is 0. The first kappa shape index (κ1) is 15.1. The number of anilines is 1. The fourth-order valence-corrected chi connectivity index (χ4v) is 5.82. The van der Waals surface area contributed by atoms with Gasteiger partial charge in [-0.15, -0.1) is 0 Å². The Hall–Kier alpha value is -3.02. The average Bonchev–Trinajstić information content (AvgIpc) is 3.45. The summed E-state index contributed by atoms with van der Waals surface area (Å²) in [6.07, 6.45) is 5.40. The molecule has 2 amide bonds. The van der Waals surface area contributed by atoms with Gasteiger partial charge in [-0.05, 0) is 42.2 Å². The number of fused-ring (bicyclic) bond motifs is 1.